The third-order valence-corrected chi connectivity index (χ3v) is 5.79. The molecule has 0 aliphatic carbocycles. The fraction of sp³-hybridized carbons (Fsp3) is 0.400. The minimum atomic E-state index is -0.451. The van der Waals surface area contributed by atoms with Crippen molar-refractivity contribution in [1.29, 1.82) is 0 Å². The van der Waals surface area contributed by atoms with Gasteiger partial charge >= 0.3 is 12.1 Å². The fourth-order valence-electron chi connectivity index (χ4n) is 3.14. The maximum atomic E-state index is 12.2. The number of hydrogen-bond donors (Lipinski definition) is 1. The lowest BCUT2D eigenvalue weighted by Gasteiger charge is -2.38. The predicted molar refractivity (Wildman–Crippen MR) is 107 cm³/mol. The van der Waals surface area contributed by atoms with Crippen LogP contribution >= 0.6 is 11.3 Å². The summed E-state index contributed by atoms with van der Waals surface area (Å²) < 4.78 is 15.7. The second-order valence-corrected chi connectivity index (χ2v) is 7.51. The fourth-order valence-corrected chi connectivity index (χ4v) is 4.10. The van der Waals surface area contributed by atoms with Crippen LogP contribution in [-0.4, -0.2) is 51.5 Å². The second-order valence-electron chi connectivity index (χ2n) is 6.45. The summed E-state index contributed by atoms with van der Waals surface area (Å²) in [5.41, 5.74) is 0.940. The van der Waals surface area contributed by atoms with E-state index in [1.807, 2.05) is 36.4 Å². The van der Waals surface area contributed by atoms with Crippen LogP contribution in [0.4, 0.5) is 9.80 Å². The monoisotopic (exact) mass is 404 g/mol. The molecule has 1 fully saturated rings. The summed E-state index contributed by atoms with van der Waals surface area (Å²) in [6.45, 7) is 1.58. The van der Waals surface area contributed by atoms with Gasteiger partial charge in [-0.05, 0) is 24.1 Å². The molecular weight excluding hydrogens is 380 g/mol. The zero-order chi connectivity index (χ0) is 19.9. The first-order valence-corrected chi connectivity index (χ1v) is 9.85. The SMILES string of the molecule is COC(=O)c1ccc(N2CCC(NC(=O)OCc3ccccc3)C(OC)C2)s1. The number of ether oxygens (including phenoxy) is 3. The van der Waals surface area contributed by atoms with E-state index < -0.39 is 6.09 Å². The van der Waals surface area contributed by atoms with Gasteiger partial charge in [0, 0.05) is 20.2 Å². The zero-order valence-electron chi connectivity index (χ0n) is 15.9. The molecule has 7 nitrogen and oxygen atoms in total. The van der Waals surface area contributed by atoms with E-state index in [0.29, 0.717) is 17.8 Å². The third kappa shape index (κ3) is 5.02. The number of benzene rings is 1. The molecule has 0 saturated carbocycles. The molecular formula is C20H24N2O5S. The molecule has 0 spiro atoms. The molecule has 8 heteroatoms. The lowest BCUT2D eigenvalue weighted by atomic mass is 10.0. The summed E-state index contributed by atoms with van der Waals surface area (Å²) in [4.78, 5) is 26.5. The molecule has 28 heavy (non-hydrogen) atoms. The number of carbonyl (C=O) groups excluding carboxylic acids is 2. The number of rotatable bonds is 6. The molecule has 1 amide bonds. The number of methoxy groups -OCH3 is 2. The van der Waals surface area contributed by atoms with Crippen molar-refractivity contribution in [2.45, 2.75) is 25.2 Å². The normalized spacial score (nSPS) is 19.1. The van der Waals surface area contributed by atoms with Crippen LogP contribution in [0, 0.1) is 0 Å². The van der Waals surface area contributed by atoms with Crippen LogP contribution in [0.2, 0.25) is 0 Å². The van der Waals surface area contributed by atoms with Crippen molar-refractivity contribution >= 4 is 28.4 Å². The molecule has 0 radical (unpaired) electrons. The number of esters is 1. The van der Waals surface area contributed by atoms with Crippen LogP contribution in [0.1, 0.15) is 21.7 Å². The number of thiophene rings is 1. The van der Waals surface area contributed by atoms with Gasteiger partial charge in [-0.25, -0.2) is 9.59 Å². The van der Waals surface area contributed by atoms with Crippen molar-refractivity contribution < 1.29 is 23.8 Å². The van der Waals surface area contributed by atoms with Crippen LogP contribution in [0.3, 0.4) is 0 Å². The number of hydrogen-bond acceptors (Lipinski definition) is 7. The van der Waals surface area contributed by atoms with Gasteiger partial charge in [-0.3, -0.25) is 0 Å². The Kier molecular flexibility index (Phi) is 6.89. The Morgan fingerprint density at radius 3 is 2.68 bits per heavy atom. The van der Waals surface area contributed by atoms with Crippen LogP contribution in [0.5, 0.6) is 0 Å². The molecule has 2 heterocycles. The summed E-state index contributed by atoms with van der Waals surface area (Å²) in [6.07, 6.45) is 0.0832. The maximum Gasteiger partial charge on any atom is 0.407 e. The number of alkyl carbamates (subject to hydrolysis) is 1. The smallest absolute Gasteiger partial charge is 0.407 e. The lowest BCUT2D eigenvalue weighted by molar-refractivity contribution is 0.0547. The predicted octanol–water partition coefficient (Wildman–Crippen LogP) is 3.05. The lowest BCUT2D eigenvalue weighted by Crippen LogP contribution is -2.54. The molecule has 1 aliphatic rings. The first-order valence-electron chi connectivity index (χ1n) is 9.04. The minimum absolute atomic E-state index is 0.135. The van der Waals surface area contributed by atoms with Gasteiger partial charge < -0.3 is 24.4 Å². The van der Waals surface area contributed by atoms with Gasteiger partial charge in [0.2, 0.25) is 0 Å². The molecule has 1 aromatic carbocycles. The summed E-state index contributed by atoms with van der Waals surface area (Å²) in [7, 11) is 3.00. The van der Waals surface area contributed by atoms with Gasteiger partial charge in [-0.15, -0.1) is 11.3 Å². The Bertz CT molecular complexity index is 795. The maximum absolute atomic E-state index is 12.2. The van der Waals surface area contributed by atoms with Crippen molar-refractivity contribution in [1.82, 2.24) is 5.32 Å². The van der Waals surface area contributed by atoms with E-state index in [1.165, 1.54) is 18.4 Å². The van der Waals surface area contributed by atoms with Gasteiger partial charge in [-0.1, -0.05) is 30.3 Å². The van der Waals surface area contributed by atoms with Crippen LogP contribution < -0.4 is 10.2 Å². The Morgan fingerprint density at radius 2 is 1.96 bits per heavy atom. The van der Waals surface area contributed by atoms with Crippen LogP contribution in [0.15, 0.2) is 42.5 Å². The Hall–Kier alpha value is -2.58. The highest BCUT2D eigenvalue weighted by molar-refractivity contribution is 7.17. The quantitative estimate of drug-likeness (QED) is 0.746. The molecule has 150 valence electrons. The number of carbonyl (C=O) groups is 2. The van der Waals surface area contributed by atoms with E-state index in [0.717, 1.165) is 17.1 Å². The number of nitrogens with one attached hydrogen (secondary N) is 1. The minimum Gasteiger partial charge on any atom is -0.465 e. The Balaban J connectivity index is 1.53. The Morgan fingerprint density at radius 1 is 1.18 bits per heavy atom. The van der Waals surface area contributed by atoms with Crippen molar-refractivity contribution in [3.8, 4) is 0 Å². The molecule has 0 bridgehead atoms. The number of piperidine rings is 1. The Labute approximate surface area is 168 Å². The highest BCUT2D eigenvalue weighted by atomic mass is 32.1. The second kappa shape index (κ2) is 9.57. The van der Waals surface area contributed by atoms with Gasteiger partial charge in [0.15, 0.2) is 0 Å². The van der Waals surface area contributed by atoms with E-state index in [-0.39, 0.29) is 24.7 Å². The van der Waals surface area contributed by atoms with E-state index in [2.05, 4.69) is 10.2 Å². The molecule has 1 N–H and O–H groups in total. The van der Waals surface area contributed by atoms with Gasteiger partial charge in [0.05, 0.1) is 24.3 Å². The number of nitrogens with zero attached hydrogens (tertiary/aromatic N) is 1. The van der Waals surface area contributed by atoms with E-state index >= 15 is 0 Å². The highest BCUT2D eigenvalue weighted by Gasteiger charge is 2.31. The van der Waals surface area contributed by atoms with Gasteiger partial charge in [0.1, 0.15) is 11.5 Å². The standard InChI is InChI=1S/C20H24N2O5S/c1-25-16-12-22(18-9-8-17(28-18)19(23)26-2)11-10-15(16)21-20(24)27-13-14-6-4-3-5-7-14/h3-9,15-16H,10-13H2,1-2H3,(H,21,24). The van der Waals surface area contributed by atoms with Crippen molar-refractivity contribution in [3.05, 3.63) is 52.9 Å². The molecule has 2 unspecified atom stereocenters. The zero-order valence-corrected chi connectivity index (χ0v) is 16.7. The van der Waals surface area contributed by atoms with Crippen LogP contribution in [-0.2, 0) is 20.8 Å². The molecule has 3 rings (SSSR count). The first kappa shape index (κ1) is 20.2. The summed E-state index contributed by atoms with van der Waals surface area (Å²) in [5, 5.41) is 3.89. The van der Waals surface area contributed by atoms with Gasteiger partial charge in [-0.2, -0.15) is 0 Å². The number of anilines is 1. The average molecular weight is 404 g/mol. The highest BCUT2D eigenvalue weighted by Crippen LogP contribution is 2.29. The first-order chi connectivity index (χ1) is 13.6. The average Bonchev–Trinajstić information content (AvgIpc) is 3.23. The third-order valence-electron chi connectivity index (χ3n) is 4.67. The molecule has 2 atom stereocenters. The summed E-state index contributed by atoms with van der Waals surface area (Å²) >= 11 is 1.39. The topological polar surface area (TPSA) is 77.1 Å². The van der Waals surface area contributed by atoms with Crippen molar-refractivity contribution in [3.63, 3.8) is 0 Å². The van der Waals surface area contributed by atoms with E-state index in [4.69, 9.17) is 14.2 Å². The molecule has 2 aromatic rings. The number of amides is 1. The molecule has 1 aliphatic heterocycles. The largest absolute Gasteiger partial charge is 0.465 e. The van der Waals surface area contributed by atoms with E-state index in [9.17, 15) is 9.59 Å². The van der Waals surface area contributed by atoms with Crippen LogP contribution in [0.25, 0.3) is 0 Å². The van der Waals surface area contributed by atoms with E-state index in [1.54, 1.807) is 13.2 Å². The van der Waals surface area contributed by atoms with Crippen molar-refractivity contribution in [2.24, 2.45) is 0 Å². The van der Waals surface area contributed by atoms with Crippen molar-refractivity contribution in [2.75, 3.05) is 32.2 Å². The molecule has 1 saturated heterocycles. The summed E-state index contributed by atoms with van der Waals surface area (Å²) in [6, 6.07) is 13.1. The van der Waals surface area contributed by atoms with Gasteiger partial charge in [0.25, 0.3) is 0 Å². The summed E-state index contributed by atoms with van der Waals surface area (Å²) in [5.74, 6) is -0.336. The molecule has 1 aromatic heterocycles.